The molecule has 0 unspecified atom stereocenters. The average molecular weight is 404 g/mol. The minimum absolute atomic E-state index is 0.276. The van der Waals surface area contributed by atoms with Crippen LogP contribution in [-0.2, 0) is 13.2 Å². The van der Waals surface area contributed by atoms with Gasteiger partial charge in [0, 0.05) is 37.4 Å². The number of aromatic nitrogens is 4. The van der Waals surface area contributed by atoms with Crippen molar-refractivity contribution >= 4 is 16.7 Å². The van der Waals surface area contributed by atoms with E-state index in [4.69, 9.17) is 0 Å². The van der Waals surface area contributed by atoms with Gasteiger partial charge in [-0.15, -0.1) is 10.2 Å². The molecular weight excluding hydrogens is 381 g/mol. The molecule has 0 aromatic carbocycles. The lowest BCUT2D eigenvalue weighted by Gasteiger charge is -2.30. The summed E-state index contributed by atoms with van der Waals surface area (Å²) in [4.78, 5) is 6.35. The molecule has 4 heterocycles. The number of likely N-dealkylation sites (tertiary alicyclic amines) is 1. The number of nitrogens with zero attached hydrogens (tertiary/aromatic N) is 5. The molecule has 1 fully saturated rings. The van der Waals surface area contributed by atoms with Gasteiger partial charge in [-0.3, -0.25) is 4.98 Å². The van der Waals surface area contributed by atoms with Crippen molar-refractivity contribution in [3.05, 3.63) is 35.7 Å². The summed E-state index contributed by atoms with van der Waals surface area (Å²) in [5, 5.41) is 13.0. The van der Waals surface area contributed by atoms with Gasteiger partial charge in [-0.1, -0.05) is 0 Å². The van der Waals surface area contributed by atoms with Crippen LogP contribution in [0.3, 0.4) is 0 Å². The monoisotopic (exact) mass is 404 g/mol. The minimum atomic E-state index is -4.43. The molecule has 0 spiro atoms. The normalized spacial score (nSPS) is 18.3. The number of likely N-dealkylation sites (N-methyl/N-ethyl adjacent to an activating group) is 1. The highest BCUT2D eigenvalue weighted by Crippen LogP contribution is 2.34. The summed E-state index contributed by atoms with van der Waals surface area (Å²) in [5.41, 5.74) is 1.40. The van der Waals surface area contributed by atoms with E-state index in [0.717, 1.165) is 49.1 Å². The number of piperidine rings is 1. The number of aryl methyl sites for hydroxylation is 2. The number of anilines is 1. The molecule has 9 heteroatoms. The third-order valence-electron chi connectivity index (χ3n) is 5.40. The Morgan fingerprint density at radius 2 is 1.97 bits per heavy atom. The number of hydrogen-bond acceptors (Lipinski definition) is 5. The van der Waals surface area contributed by atoms with E-state index in [1.165, 1.54) is 0 Å². The van der Waals surface area contributed by atoms with E-state index < -0.39 is 11.7 Å². The fourth-order valence-corrected chi connectivity index (χ4v) is 3.94. The van der Waals surface area contributed by atoms with Crippen molar-refractivity contribution in [2.45, 2.75) is 32.0 Å². The van der Waals surface area contributed by atoms with E-state index in [-0.39, 0.29) is 6.04 Å². The van der Waals surface area contributed by atoms with Crippen LogP contribution in [0.5, 0.6) is 0 Å². The number of pyridine rings is 1. The van der Waals surface area contributed by atoms with Gasteiger partial charge in [0.15, 0.2) is 5.82 Å². The Morgan fingerprint density at radius 3 is 2.66 bits per heavy atom. The van der Waals surface area contributed by atoms with Crippen molar-refractivity contribution in [3.63, 3.8) is 0 Å². The average Bonchev–Trinajstić information content (AvgIpc) is 3.04. The molecule has 6 nitrogen and oxygen atoms in total. The first-order chi connectivity index (χ1) is 13.7. The number of halogens is 3. The van der Waals surface area contributed by atoms with Gasteiger partial charge in [-0.05, 0) is 51.1 Å². The zero-order valence-electron chi connectivity index (χ0n) is 16.6. The molecule has 0 saturated carbocycles. The second-order valence-electron chi connectivity index (χ2n) is 7.72. The first kappa shape index (κ1) is 19.6. The molecule has 1 aliphatic heterocycles. The Labute approximate surface area is 166 Å². The Kier molecular flexibility index (Phi) is 4.94. The molecule has 0 amide bonds. The van der Waals surface area contributed by atoms with Gasteiger partial charge in [0.25, 0.3) is 0 Å². The molecule has 0 radical (unpaired) electrons. The molecule has 3 aromatic rings. The standard InChI is InChI=1S/C20H23F3N6/c1-12-9-13(20(21,22)23)10-24-16(12)17-15-6-8-29(3)18(15)19(27-26-17)25-14-5-4-7-28(2)11-14/h6,8-10,14H,4-5,7,11H2,1-3H3,(H,25,27)/t14-/m1/s1. The summed E-state index contributed by atoms with van der Waals surface area (Å²) >= 11 is 0. The van der Waals surface area contributed by atoms with Crippen molar-refractivity contribution in [2.75, 3.05) is 25.5 Å². The number of alkyl halides is 3. The van der Waals surface area contributed by atoms with Gasteiger partial charge in [-0.25, -0.2) is 0 Å². The van der Waals surface area contributed by atoms with Crippen LogP contribution < -0.4 is 5.32 Å². The number of fused-ring (bicyclic) bond motifs is 1. The van der Waals surface area contributed by atoms with Crippen LogP contribution in [0.4, 0.5) is 19.0 Å². The molecule has 29 heavy (non-hydrogen) atoms. The van der Waals surface area contributed by atoms with Crippen LogP contribution in [-0.4, -0.2) is 50.8 Å². The van der Waals surface area contributed by atoms with Crippen molar-refractivity contribution < 1.29 is 13.2 Å². The van der Waals surface area contributed by atoms with Gasteiger partial charge in [0.2, 0.25) is 0 Å². The van der Waals surface area contributed by atoms with Gasteiger partial charge in [-0.2, -0.15) is 13.2 Å². The lowest BCUT2D eigenvalue weighted by molar-refractivity contribution is -0.137. The fourth-order valence-electron chi connectivity index (χ4n) is 3.94. The predicted molar refractivity (Wildman–Crippen MR) is 106 cm³/mol. The van der Waals surface area contributed by atoms with Crippen molar-refractivity contribution in [1.29, 1.82) is 0 Å². The molecule has 1 saturated heterocycles. The molecular formula is C20H23F3N6. The molecule has 0 aliphatic carbocycles. The van der Waals surface area contributed by atoms with E-state index in [0.29, 0.717) is 22.8 Å². The van der Waals surface area contributed by atoms with E-state index in [1.54, 1.807) is 6.92 Å². The summed E-state index contributed by atoms with van der Waals surface area (Å²) in [6, 6.07) is 3.27. The Bertz CT molecular complexity index is 1040. The van der Waals surface area contributed by atoms with Gasteiger partial charge in [0.05, 0.1) is 16.8 Å². The summed E-state index contributed by atoms with van der Waals surface area (Å²) in [6.45, 7) is 3.62. The molecule has 4 rings (SSSR count). The largest absolute Gasteiger partial charge is 0.417 e. The maximum atomic E-state index is 13.0. The zero-order valence-corrected chi connectivity index (χ0v) is 16.6. The van der Waals surface area contributed by atoms with Crippen LogP contribution in [0.2, 0.25) is 0 Å². The third-order valence-corrected chi connectivity index (χ3v) is 5.40. The second kappa shape index (κ2) is 7.29. The van der Waals surface area contributed by atoms with Crippen LogP contribution >= 0.6 is 0 Å². The van der Waals surface area contributed by atoms with Crippen LogP contribution in [0.1, 0.15) is 24.0 Å². The Hall–Kier alpha value is -2.68. The minimum Gasteiger partial charge on any atom is -0.363 e. The van der Waals surface area contributed by atoms with Crippen LogP contribution in [0, 0.1) is 6.92 Å². The summed E-state index contributed by atoms with van der Waals surface area (Å²) in [5.74, 6) is 0.682. The van der Waals surface area contributed by atoms with E-state index in [9.17, 15) is 13.2 Å². The SMILES string of the molecule is Cc1cc(C(F)(F)F)cnc1-c1nnc(N[C@@H]2CCCN(C)C2)c2c1ccn2C. The van der Waals surface area contributed by atoms with E-state index >= 15 is 0 Å². The maximum Gasteiger partial charge on any atom is 0.417 e. The third kappa shape index (κ3) is 3.78. The first-order valence-electron chi connectivity index (χ1n) is 9.55. The first-order valence-corrected chi connectivity index (χ1v) is 9.55. The predicted octanol–water partition coefficient (Wildman–Crippen LogP) is 3.86. The molecule has 1 N–H and O–H groups in total. The molecule has 3 aromatic heterocycles. The summed E-state index contributed by atoms with van der Waals surface area (Å²) < 4.78 is 40.9. The van der Waals surface area contributed by atoms with Crippen molar-refractivity contribution in [1.82, 2.24) is 24.6 Å². The lowest BCUT2D eigenvalue weighted by atomic mass is 10.1. The topological polar surface area (TPSA) is 58.9 Å². The smallest absolute Gasteiger partial charge is 0.363 e. The van der Waals surface area contributed by atoms with Crippen molar-refractivity contribution in [3.8, 4) is 11.4 Å². The molecule has 0 bridgehead atoms. The number of rotatable bonds is 3. The second-order valence-corrected chi connectivity index (χ2v) is 7.72. The molecule has 1 atom stereocenters. The van der Waals surface area contributed by atoms with Crippen LogP contribution in [0.15, 0.2) is 24.5 Å². The van der Waals surface area contributed by atoms with Crippen LogP contribution in [0.25, 0.3) is 22.3 Å². The van der Waals surface area contributed by atoms with Gasteiger partial charge >= 0.3 is 6.18 Å². The fraction of sp³-hybridized carbons (Fsp3) is 0.450. The van der Waals surface area contributed by atoms with Crippen molar-refractivity contribution in [2.24, 2.45) is 7.05 Å². The number of nitrogens with one attached hydrogen (secondary N) is 1. The zero-order chi connectivity index (χ0) is 20.8. The quantitative estimate of drug-likeness (QED) is 0.718. The number of hydrogen-bond donors (Lipinski definition) is 1. The Balaban J connectivity index is 1.74. The summed E-state index contributed by atoms with van der Waals surface area (Å²) in [7, 11) is 4.01. The molecule has 1 aliphatic rings. The molecule has 154 valence electrons. The highest BCUT2D eigenvalue weighted by Gasteiger charge is 2.31. The summed E-state index contributed by atoms with van der Waals surface area (Å²) in [6.07, 6.45) is 0.493. The maximum absolute atomic E-state index is 13.0. The van der Waals surface area contributed by atoms with E-state index in [2.05, 4.69) is 32.4 Å². The Morgan fingerprint density at radius 1 is 1.17 bits per heavy atom. The van der Waals surface area contributed by atoms with Gasteiger partial charge < -0.3 is 14.8 Å². The lowest BCUT2D eigenvalue weighted by Crippen LogP contribution is -2.40. The van der Waals surface area contributed by atoms with Gasteiger partial charge in [0.1, 0.15) is 5.69 Å². The van der Waals surface area contributed by atoms with E-state index in [1.807, 2.05) is 23.9 Å². The highest BCUT2D eigenvalue weighted by atomic mass is 19.4. The highest BCUT2D eigenvalue weighted by molar-refractivity contribution is 5.98.